The van der Waals surface area contributed by atoms with Gasteiger partial charge in [-0.15, -0.1) is 0 Å². The molecule has 0 unspecified atom stereocenters. The molecule has 1 saturated heterocycles. The van der Waals surface area contributed by atoms with E-state index in [4.69, 9.17) is 4.74 Å². The molecule has 0 atom stereocenters. The number of piperazine rings is 1. The van der Waals surface area contributed by atoms with E-state index in [1.165, 1.54) is 11.1 Å². The molecule has 0 amide bonds. The van der Waals surface area contributed by atoms with Crippen molar-refractivity contribution in [3.8, 4) is 5.75 Å². The van der Waals surface area contributed by atoms with Crippen LogP contribution in [0.2, 0.25) is 0 Å². The van der Waals surface area contributed by atoms with E-state index < -0.39 is 0 Å². The first-order valence-corrected chi connectivity index (χ1v) is 8.70. The third-order valence-corrected chi connectivity index (χ3v) is 4.30. The fourth-order valence-corrected chi connectivity index (χ4v) is 2.81. The van der Waals surface area contributed by atoms with E-state index in [0.29, 0.717) is 0 Å². The second-order valence-electron chi connectivity index (χ2n) is 7.26. The van der Waals surface area contributed by atoms with Gasteiger partial charge >= 0.3 is 0 Å². The highest BCUT2D eigenvalue weighted by Gasteiger charge is 2.17. The molecule has 3 heteroatoms. The maximum Gasteiger partial charge on any atom is 0.122 e. The zero-order chi connectivity index (χ0) is 16.0. The predicted molar refractivity (Wildman–Crippen MR) is 93.9 cm³/mol. The summed E-state index contributed by atoms with van der Waals surface area (Å²) in [6, 6.07) is 6.75. The quantitative estimate of drug-likeness (QED) is 0.873. The average molecular weight is 304 g/mol. The highest BCUT2D eigenvalue weighted by molar-refractivity contribution is 5.40. The molecule has 1 aliphatic rings. The molecule has 22 heavy (non-hydrogen) atoms. The fraction of sp³-hybridized carbons (Fsp3) is 0.684. The Bertz CT molecular complexity index is 459. The minimum Gasteiger partial charge on any atom is -0.493 e. The lowest BCUT2D eigenvalue weighted by Gasteiger charge is -2.28. The summed E-state index contributed by atoms with van der Waals surface area (Å²) in [7, 11) is 0. The Morgan fingerprint density at radius 1 is 1.18 bits per heavy atom. The molecule has 1 aromatic rings. The molecule has 0 saturated carbocycles. The van der Waals surface area contributed by atoms with Gasteiger partial charge in [-0.25, -0.2) is 0 Å². The summed E-state index contributed by atoms with van der Waals surface area (Å²) in [6.07, 6.45) is 2.13. The van der Waals surface area contributed by atoms with E-state index in [2.05, 4.69) is 56.1 Å². The van der Waals surface area contributed by atoms with E-state index in [0.717, 1.165) is 57.9 Å². The van der Waals surface area contributed by atoms with E-state index in [9.17, 15) is 0 Å². The molecule has 0 spiro atoms. The van der Waals surface area contributed by atoms with Crippen molar-refractivity contribution in [2.24, 2.45) is 0 Å². The molecule has 3 nitrogen and oxygen atoms in total. The van der Waals surface area contributed by atoms with Gasteiger partial charge < -0.3 is 15.0 Å². The van der Waals surface area contributed by atoms with Crippen LogP contribution < -0.4 is 10.1 Å². The first-order valence-electron chi connectivity index (χ1n) is 8.70. The molecule has 0 aliphatic carbocycles. The summed E-state index contributed by atoms with van der Waals surface area (Å²) in [6.45, 7) is 15.4. The highest BCUT2D eigenvalue weighted by Crippen LogP contribution is 2.28. The maximum atomic E-state index is 5.96. The highest BCUT2D eigenvalue weighted by atomic mass is 16.5. The molecule has 1 heterocycles. The Labute approximate surface area is 136 Å². The van der Waals surface area contributed by atoms with Gasteiger partial charge in [0.15, 0.2) is 0 Å². The van der Waals surface area contributed by atoms with Crippen LogP contribution in [0.4, 0.5) is 0 Å². The Kier molecular flexibility index (Phi) is 6.27. The van der Waals surface area contributed by atoms with Crippen molar-refractivity contribution in [1.82, 2.24) is 10.2 Å². The summed E-state index contributed by atoms with van der Waals surface area (Å²) >= 11 is 0. The number of rotatable bonds is 6. The Hall–Kier alpha value is -1.06. The van der Waals surface area contributed by atoms with Gasteiger partial charge in [-0.1, -0.05) is 39.8 Å². The van der Waals surface area contributed by atoms with Gasteiger partial charge in [-0.2, -0.15) is 0 Å². The van der Waals surface area contributed by atoms with Crippen LogP contribution in [0.3, 0.4) is 0 Å². The number of nitrogens with one attached hydrogen (secondary N) is 1. The summed E-state index contributed by atoms with van der Waals surface area (Å²) in [4.78, 5) is 2.55. The Balaban J connectivity index is 2.09. The average Bonchev–Trinajstić information content (AvgIpc) is 2.51. The SMILES string of the molecule is CCCOc1ccc(C(C)(C)C)cc1CCN1CCNCC1. The van der Waals surface area contributed by atoms with Gasteiger partial charge in [0.1, 0.15) is 5.75 Å². The number of hydrogen-bond acceptors (Lipinski definition) is 3. The molecule has 1 aliphatic heterocycles. The number of hydrogen-bond donors (Lipinski definition) is 1. The molecular weight excluding hydrogens is 272 g/mol. The van der Waals surface area contributed by atoms with Gasteiger partial charge in [0.25, 0.3) is 0 Å². The normalized spacial score (nSPS) is 16.7. The zero-order valence-electron chi connectivity index (χ0n) is 14.7. The van der Waals surface area contributed by atoms with Gasteiger partial charge in [-0.05, 0) is 35.4 Å². The monoisotopic (exact) mass is 304 g/mol. The van der Waals surface area contributed by atoms with E-state index in [1.54, 1.807) is 0 Å². The smallest absolute Gasteiger partial charge is 0.122 e. The van der Waals surface area contributed by atoms with Gasteiger partial charge in [-0.3, -0.25) is 0 Å². The van der Waals surface area contributed by atoms with Crippen molar-refractivity contribution in [2.75, 3.05) is 39.3 Å². The second-order valence-corrected chi connectivity index (χ2v) is 7.26. The van der Waals surface area contributed by atoms with Crippen molar-refractivity contribution in [1.29, 1.82) is 0 Å². The van der Waals surface area contributed by atoms with Crippen molar-refractivity contribution >= 4 is 0 Å². The standard InChI is InChI=1S/C19H32N2O/c1-5-14-22-18-7-6-17(19(2,3)4)15-16(18)8-11-21-12-9-20-10-13-21/h6-7,15,20H,5,8-14H2,1-4H3. The van der Waals surface area contributed by atoms with E-state index in [1.807, 2.05) is 0 Å². The first-order chi connectivity index (χ1) is 10.5. The molecule has 1 aromatic carbocycles. The maximum absolute atomic E-state index is 5.96. The topological polar surface area (TPSA) is 24.5 Å². The van der Waals surface area contributed by atoms with E-state index >= 15 is 0 Å². The Morgan fingerprint density at radius 3 is 2.55 bits per heavy atom. The largest absolute Gasteiger partial charge is 0.493 e. The fourth-order valence-electron chi connectivity index (χ4n) is 2.81. The van der Waals surface area contributed by atoms with Crippen LogP contribution in [-0.4, -0.2) is 44.2 Å². The summed E-state index contributed by atoms with van der Waals surface area (Å²) in [5, 5.41) is 3.41. The van der Waals surface area contributed by atoms with Crippen molar-refractivity contribution < 1.29 is 4.74 Å². The van der Waals surface area contributed by atoms with Crippen LogP contribution in [0.15, 0.2) is 18.2 Å². The minimum atomic E-state index is 0.188. The van der Waals surface area contributed by atoms with Crippen LogP contribution in [0, 0.1) is 0 Å². The van der Waals surface area contributed by atoms with Crippen LogP contribution in [0.1, 0.15) is 45.2 Å². The number of benzene rings is 1. The number of ether oxygens (including phenoxy) is 1. The van der Waals surface area contributed by atoms with Crippen molar-refractivity contribution in [3.63, 3.8) is 0 Å². The summed E-state index contributed by atoms with van der Waals surface area (Å²) in [5.74, 6) is 1.07. The lowest BCUT2D eigenvalue weighted by molar-refractivity contribution is 0.242. The lowest BCUT2D eigenvalue weighted by Crippen LogP contribution is -2.44. The third-order valence-electron chi connectivity index (χ3n) is 4.30. The molecule has 0 aromatic heterocycles. The van der Waals surface area contributed by atoms with Crippen LogP contribution in [0.5, 0.6) is 5.75 Å². The molecule has 0 radical (unpaired) electrons. The molecule has 1 fully saturated rings. The molecule has 1 N–H and O–H groups in total. The third kappa shape index (κ3) is 4.99. The number of nitrogens with zero attached hydrogens (tertiary/aromatic N) is 1. The van der Waals surface area contributed by atoms with Gasteiger partial charge in [0.05, 0.1) is 6.61 Å². The molecular formula is C19H32N2O. The van der Waals surface area contributed by atoms with Gasteiger partial charge in [0.2, 0.25) is 0 Å². The summed E-state index contributed by atoms with van der Waals surface area (Å²) in [5.41, 5.74) is 2.94. The van der Waals surface area contributed by atoms with Crippen LogP contribution in [-0.2, 0) is 11.8 Å². The molecule has 124 valence electrons. The zero-order valence-corrected chi connectivity index (χ0v) is 14.7. The first kappa shape index (κ1) is 17.3. The van der Waals surface area contributed by atoms with Gasteiger partial charge in [0, 0.05) is 32.7 Å². The lowest BCUT2D eigenvalue weighted by atomic mass is 9.85. The summed E-state index contributed by atoms with van der Waals surface area (Å²) < 4.78 is 5.96. The molecule has 0 bridgehead atoms. The minimum absolute atomic E-state index is 0.188. The molecule has 2 rings (SSSR count). The Morgan fingerprint density at radius 2 is 1.91 bits per heavy atom. The predicted octanol–water partition coefficient (Wildman–Crippen LogP) is 3.22. The van der Waals surface area contributed by atoms with Crippen LogP contribution >= 0.6 is 0 Å². The van der Waals surface area contributed by atoms with Crippen LogP contribution in [0.25, 0.3) is 0 Å². The van der Waals surface area contributed by atoms with Crippen molar-refractivity contribution in [2.45, 2.75) is 46.0 Å². The second kappa shape index (κ2) is 7.98. The van der Waals surface area contributed by atoms with Crippen molar-refractivity contribution in [3.05, 3.63) is 29.3 Å². The van der Waals surface area contributed by atoms with E-state index in [-0.39, 0.29) is 5.41 Å².